The van der Waals surface area contributed by atoms with Crippen LogP contribution in [-0.2, 0) is 4.79 Å². The highest BCUT2D eigenvalue weighted by Gasteiger charge is 2.17. The third kappa shape index (κ3) is 6.15. The molecule has 0 aliphatic carbocycles. The molecule has 0 spiro atoms. The first kappa shape index (κ1) is 20.5. The summed E-state index contributed by atoms with van der Waals surface area (Å²) in [5.41, 5.74) is 1.22. The first-order valence-corrected chi connectivity index (χ1v) is 9.50. The fourth-order valence-corrected chi connectivity index (χ4v) is 3.33. The monoisotopic (exact) mass is 382 g/mol. The Balaban J connectivity index is 2.05. The summed E-state index contributed by atoms with van der Waals surface area (Å²) >= 11 is 1.54. The number of nitriles is 1. The predicted octanol–water partition coefficient (Wildman–Crippen LogP) is 4.69. The minimum atomic E-state index is -0.734. The summed E-state index contributed by atoms with van der Waals surface area (Å²) in [6, 6.07) is 16.4. The van der Waals surface area contributed by atoms with E-state index >= 15 is 0 Å². The molecule has 0 heterocycles. The number of hydrogen-bond donors (Lipinski definition) is 1. The molecule has 0 aliphatic rings. The Morgan fingerprint density at radius 1 is 1.19 bits per heavy atom. The van der Waals surface area contributed by atoms with E-state index in [1.807, 2.05) is 31.2 Å². The average Bonchev–Trinajstić information content (AvgIpc) is 2.63. The average molecular weight is 382 g/mol. The van der Waals surface area contributed by atoms with Crippen LogP contribution in [0.1, 0.15) is 37.6 Å². The molecule has 0 radical (unpaired) electrons. The summed E-state index contributed by atoms with van der Waals surface area (Å²) < 4.78 is 5.68. The molecule has 2 rings (SSSR count). The van der Waals surface area contributed by atoms with E-state index < -0.39 is 6.10 Å². The van der Waals surface area contributed by atoms with Crippen molar-refractivity contribution in [2.24, 2.45) is 0 Å². The normalized spacial score (nSPS) is 12.5. The number of amides is 1. The fraction of sp³-hybridized carbons (Fsp3) is 0.286. The summed E-state index contributed by atoms with van der Waals surface area (Å²) in [5.74, 6) is 0.120. The Hall–Kier alpha value is -2.78. The van der Waals surface area contributed by atoms with Crippen molar-refractivity contribution in [2.75, 3.05) is 5.32 Å². The Labute approximate surface area is 163 Å². The van der Waals surface area contributed by atoms with Gasteiger partial charge in [-0.1, -0.05) is 31.2 Å². The molecule has 2 atom stereocenters. The maximum absolute atomic E-state index is 12.5. The van der Waals surface area contributed by atoms with Gasteiger partial charge < -0.3 is 10.1 Å². The van der Waals surface area contributed by atoms with Crippen LogP contribution >= 0.6 is 11.8 Å². The van der Waals surface area contributed by atoms with Gasteiger partial charge in [-0.15, -0.1) is 11.8 Å². The first-order chi connectivity index (χ1) is 12.9. The molecule has 1 amide bonds. The quantitative estimate of drug-likeness (QED) is 0.529. The number of hydrogen-bond acceptors (Lipinski definition) is 5. The van der Waals surface area contributed by atoms with Crippen LogP contribution in [-0.4, -0.2) is 23.0 Å². The van der Waals surface area contributed by atoms with Gasteiger partial charge in [0, 0.05) is 22.1 Å². The minimum absolute atomic E-state index is 0.0602. The van der Waals surface area contributed by atoms with E-state index in [0.29, 0.717) is 23.4 Å². The lowest BCUT2D eigenvalue weighted by Gasteiger charge is -2.17. The van der Waals surface area contributed by atoms with Crippen molar-refractivity contribution in [1.29, 1.82) is 5.26 Å². The summed E-state index contributed by atoms with van der Waals surface area (Å²) in [6.07, 6.45) is -0.305. The van der Waals surface area contributed by atoms with Crippen molar-refractivity contribution < 1.29 is 14.3 Å². The predicted molar refractivity (Wildman–Crippen MR) is 107 cm³/mol. The van der Waals surface area contributed by atoms with Gasteiger partial charge in [0.1, 0.15) is 5.75 Å². The van der Waals surface area contributed by atoms with Crippen molar-refractivity contribution in [3.8, 4) is 11.8 Å². The van der Waals surface area contributed by atoms with Crippen LogP contribution in [0.15, 0.2) is 53.4 Å². The molecule has 6 heteroatoms. The number of nitrogens with one attached hydrogen (secondary N) is 1. The summed E-state index contributed by atoms with van der Waals surface area (Å²) in [6.45, 7) is 5.11. The van der Waals surface area contributed by atoms with Crippen LogP contribution in [0, 0.1) is 11.3 Å². The van der Waals surface area contributed by atoms with E-state index in [2.05, 4.69) is 11.4 Å². The molecule has 27 heavy (non-hydrogen) atoms. The van der Waals surface area contributed by atoms with Gasteiger partial charge in [0.2, 0.25) is 0 Å². The van der Waals surface area contributed by atoms with E-state index in [4.69, 9.17) is 10.00 Å². The smallest absolute Gasteiger partial charge is 0.265 e. The molecule has 0 saturated heterocycles. The zero-order valence-electron chi connectivity index (χ0n) is 15.6. The minimum Gasteiger partial charge on any atom is -0.481 e. The van der Waals surface area contributed by atoms with Gasteiger partial charge in [0.05, 0.1) is 11.8 Å². The molecule has 0 aliphatic heterocycles. The van der Waals surface area contributed by atoms with Crippen LogP contribution in [0.2, 0.25) is 0 Å². The van der Waals surface area contributed by atoms with Crippen LogP contribution < -0.4 is 10.1 Å². The van der Waals surface area contributed by atoms with Gasteiger partial charge in [-0.3, -0.25) is 9.59 Å². The lowest BCUT2D eigenvalue weighted by Crippen LogP contribution is -2.30. The van der Waals surface area contributed by atoms with E-state index in [9.17, 15) is 9.59 Å². The standard InChI is InChI=1S/C21H22N2O3S/c1-14(11-12-22)27-20-10-5-4-9-19(20)23-21(25)16(3)26-18-8-6-7-17(13-18)15(2)24/h4-10,13-14,16H,11H2,1-3H3,(H,23,25). The largest absolute Gasteiger partial charge is 0.481 e. The second-order valence-corrected chi connectivity index (χ2v) is 7.60. The molecule has 5 nitrogen and oxygen atoms in total. The van der Waals surface area contributed by atoms with Gasteiger partial charge in [-0.05, 0) is 38.1 Å². The molecule has 0 aromatic heterocycles. The van der Waals surface area contributed by atoms with E-state index in [1.54, 1.807) is 43.0 Å². The molecule has 0 fully saturated rings. The SMILES string of the molecule is CC(=O)c1cccc(OC(C)C(=O)Nc2ccccc2SC(C)CC#N)c1. The zero-order chi connectivity index (χ0) is 19.8. The number of ketones is 1. The van der Waals surface area contributed by atoms with E-state index in [1.165, 1.54) is 6.92 Å². The summed E-state index contributed by atoms with van der Waals surface area (Å²) in [7, 11) is 0. The third-order valence-corrected chi connectivity index (χ3v) is 4.95. The molecule has 0 saturated carbocycles. The van der Waals surface area contributed by atoms with Crippen molar-refractivity contribution >= 4 is 29.1 Å². The Bertz CT molecular complexity index is 861. The molecule has 2 aromatic rings. The number of anilines is 1. The highest BCUT2D eigenvalue weighted by Crippen LogP contribution is 2.31. The zero-order valence-corrected chi connectivity index (χ0v) is 16.4. The highest BCUT2D eigenvalue weighted by molar-refractivity contribution is 8.00. The number of para-hydroxylation sites is 1. The van der Waals surface area contributed by atoms with Gasteiger partial charge in [-0.25, -0.2) is 0 Å². The van der Waals surface area contributed by atoms with Crippen LogP contribution in [0.5, 0.6) is 5.75 Å². The number of rotatable bonds is 8. The van der Waals surface area contributed by atoms with Crippen molar-refractivity contribution in [3.05, 3.63) is 54.1 Å². The van der Waals surface area contributed by atoms with Gasteiger partial charge in [0.15, 0.2) is 11.9 Å². The molecule has 2 unspecified atom stereocenters. The number of benzene rings is 2. The number of ether oxygens (including phenoxy) is 1. The molecule has 2 aromatic carbocycles. The van der Waals surface area contributed by atoms with Crippen molar-refractivity contribution in [2.45, 2.75) is 43.4 Å². The topological polar surface area (TPSA) is 79.2 Å². The fourth-order valence-electron chi connectivity index (χ4n) is 2.34. The second-order valence-electron chi connectivity index (χ2n) is 6.12. The Kier molecular flexibility index (Phi) is 7.44. The number of carbonyl (C=O) groups is 2. The molecular weight excluding hydrogens is 360 g/mol. The lowest BCUT2D eigenvalue weighted by atomic mass is 10.1. The second kappa shape index (κ2) is 9.79. The van der Waals surface area contributed by atoms with Gasteiger partial charge >= 0.3 is 0 Å². The highest BCUT2D eigenvalue weighted by atomic mass is 32.2. The van der Waals surface area contributed by atoms with Crippen LogP contribution in [0.25, 0.3) is 0 Å². The molecular formula is C21H22N2O3S. The van der Waals surface area contributed by atoms with Gasteiger partial charge in [-0.2, -0.15) is 5.26 Å². The van der Waals surface area contributed by atoms with Gasteiger partial charge in [0.25, 0.3) is 5.91 Å². The number of nitrogens with zero attached hydrogens (tertiary/aromatic N) is 1. The molecule has 140 valence electrons. The Morgan fingerprint density at radius 2 is 1.93 bits per heavy atom. The maximum atomic E-state index is 12.5. The number of thioether (sulfide) groups is 1. The first-order valence-electron chi connectivity index (χ1n) is 8.62. The maximum Gasteiger partial charge on any atom is 0.265 e. The molecule has 0 bridgehead atoms. The number of Topliss-reactive ketones (excluding diaryl/α,β-unsaturated/α-hetero) is 1. The van der Waals surface area contributed by atoms with E-state index in [0.717, 1.165) is 4.90 Å². The third-order valence-electron chi connectivity index (χ3n) is 3.77. The summed E-state index contributed by atoms with van der Waals surface area (Å²) in [5, 5.41) is 11.8. The van der Waals surface area contributed by atoms with E-state index in [-0.39, 0.29) is 16.9 Å². The van der Waals surface area contributed by atoms with Crippen LogP contribution in [0.4, 0.5) is 5.69 Å². The molecule has 1 N–H and O–H groups in total. The van der Waals surface area contributed by atoms with Crippen molar-refractivity contribution in [3.63, 3.8) is 0 Å². The number of carbonyl (C=O) groups excluding carboxylic acids is 2. The van der Waals surface area contributed by atoms with Crippen molar-refractivity contribution in [1.82, 2.24) is 0 Å². The Morgan fingerprint density at radius 3 is 2.63 bits per heavy atom. The summed E-state index contributed by atoms with van der Waals surface area (Å²) in [4.78, 5) is 24.9. The lowest BCUT2D eigenvalue weighted by molar-refractivity contribution is -0.122. The van der Waals surface area contributed by atoms with Crippen LogP contribution in [0.3, 0.4) is 0 Å².